The lowest BCUT2D eigenvalue weighted by molar-refractivity contribution is 0.252. The zero-order valence-electron chi connectivity index (χ0n) is 12.1. The fourth-order valence-corrected chi connectivity index (χ4v) is 4.34. The summed E-state index contributed by atoms with van der Waals surface area (Å²) in [6.07, 6.45) is 5.19. The van der Waals surface area contributed by atoms with E-state index in [-0.39, 0.29) is 5.38 Å². The van der Waals surface area contributed by atoms with E-state index in [0.717, 1.165) is 12.2 Å². The van der Waals surface area contributed by atoms with Crippen LogP contribution >= 0.6 is 11.6 Å². The summed E-state index contributed by atoms with van der Waals surface area (Å²) >= 11 is 6.79. The molecule has 0 amide bonds. The maximum atomic E-state index is 6.79. The highest BCUT2D eigenvalue weighted by molar-refractivity contribution is 6.21. The predicted molar refractivity (Wildman–Crippen MR) is 80.0 cm³/mol. The molecule has 1 saturated carbocycles. The first kappa shape index (κ1) is 13.3. The Morgan fingerprint density at radius 1 is 1.37 bits per heavy atom. The molecule has 3 unspecified atom stereocenters. The van der Waals surface area contributed by atoms with Gasteiger partial charge in [-0.15, -0.1) is 11.6 Å². The number of rotatable bonds is 2. The van der Waals surface area contributed by atoms with Crippen LogP contribution in [0, 0.1) is 11.3 Å². The summed E-state index contributed by atoms with van der Waals surface area (Å²) in [5, 5.41) is 0.138. The van der Waals surface area contributed by atoms with Crippen LogP contribution in [0.5, 0.6) is 5.75 Å². The first-order chi connectivity index (χ1) is 8.97. The molecule has 2 heteroatoms. The lowest BCUT2D eigenvalue weighted by atomic mass is 9.78. The zero-order chi connectivity index (χ0) is 13.6. The smallest absolute Gasteiger partial charge is 0.123 e. The Balaban J connectivity index is 1.85. The average molecular weight is 279 g/mol. The summed E-state index contributed by atoms with van der Waals surface area (Å²) in [4.78, 5) is 0. The lowest BCUT2D eigenvalue weighted by Crippen LogP contribution is -2.21. The molecule has 0 saturated heterocycles. The van der Waals surface area contributed by atoms with E-state index in [1.807, 2.05) is 0 Å². The van der Waals surface area contributed by atoms with Gasteiger partial charge in [0.05, 0.1) is 5.38 Å². The van der Waals surface area contributed by atoms with E-state index in [1.165, 1.54) is 30.4 Å². The van der Waals surface area contributed by atoms with Crippen LogP contribution in [0.1, 0.15) is 56.5 Å². The third kappa shape index (κ3) is 2.38. The molecule has 1 fully saturated rings. The minimum Gasteiger partial charge on any atom is -0.490 e. The van der Waals surface area contributed by atoms with Crippen LogP contribution in [0.3, 0.4) is 0 Å². The summed E-state index contributed by atoms with van der Waals surface area (Å²) in [5.41, 5.74) is 2.97. The van der Waals surface area contributed by atoms with Crippen molar-refractivity contribution >= 4 is 11.6 Å². The van der Waals surface area contributed by atoms with Gasteiger partial charge in [-0.05, 0) is 48.3 Å². The molecule has 2 aliphatic rings. The van der Waals surface area contributed by atoms with E-state index in [9.17, 15) is 0 Å². The molecular weight excluding hydrogens is 256 g/mol. The van der Waals surface area contributed by atoms with Gasteiger partial charge in [0.2, 0.25) is 0 Å². The zero-order valence-corrected chi connectivity index (χ0v) is 12.8. The molecule has 3 atom stereocenters. The number of hydrogen-bond donors (Lipinski definition) is 0. The summed E-state index contributed by atoms with van der Waals surface area (Å²) in [5.74, 6) is 1.64. The maximum Gasteiger partial charge on any atom is 0.123 e. The molecule has 0 bridgehead atoms. The van der Waals surface area contributed by atoms with Crippen molar-refractivity contribution in [2.45, 2.75) is 57.9 Å². The van der Waals surface area contributed by atoms with Gasteiger partial charge in [0, 0.05) is 6.42 Å². The molecule has 3 rings (SSSR count). The summed E-state index contributed by atoms with van der Waals surface area (Å²) in [6.45, 7) is 6.84. The van der Waals surface area contributed by atoms with Gasteiger partial charge in [-0.25, -0.2) is 0 Å². The minimum atomic E-state index is 0.138. The van der Waals surface area contributed by atoms with Gasteiger partial charge >= 0.3 is 0 Å². The van der Waals surface area contributed by atoms with E-state index >= 15 is 0 Å². The highest BCUT2D eigenvalue weighted by Crippen LogP contribution is 2.51. The fraction of sp³-hybridized carbons (Fsp3) is 0.647. The van der Waals surface area contributed by atoms with Crippen LogP contribution < -0.4 is 4.74 Å². The largest absolute Gasteiger partial charge is 0.490 e. The lowest BCUT2D eigenvalue weighted by Gasteiger charge is -2.31. The standard InChI is InChI=1S/C17H23ClO/c1-11-9-13-10-12(6-7-15(13)19-11)16(18)14-5-4-8-17(14,2)3/h6-7,10-11,14,16H,4-5,8-9H2,1-3H3. The Hall–Kier alpha value is -0.690. The molecule has 0 aromatic heterocycles. The van der Waals surface area contributed by atoms with E-state index in [2.05, 4.69) is 39.0 Å². The number of alkyl halides is 1. The van der Waals surface area contributed by atoms with Crippen LogP contribution in [-0.2, 0) is 6.42 Å². The monoisotopic (exact) mass is 278 g/mol. The van der Waals surface area contributed by atoms with Crippen LogP contribution in [0.2, 0.25) is 0 Å². The Kier molecular flexibility index (Phi) is 3.29. The molecule has 0 radical (unpaired) electrons. The highest BCUT2D eigenvalue weighted by Gasteiger charge is 2.39. The second-order valence-electron chi connectivity index (χ2n) is 6.89. The Morgan fingerprint density at radius 3 is 2.84 bits per heavy atom. The van der Waals surface area contributed by atoms with Gasteiger partial charge in [-0.1, -0.05) is 32.4 Å². The number of ether oxygens (including phenoxy) is 1. The Bertz CT molecular complexity index is 480. The summed E-state index contributed by atoms with van der Waals surface area (Å²) < 4.78 is 5.76. The quantitative estimate of drug-likeness (QED) is 0.683. The van der Waals surface area contributed by atoms with Gasteiger partial charge in [0.1, 0.15) is 11.9 Å². The SMILES string of the molecule is CC1Cc2cc(C(Cl)C3CCCC3(C)C)ccc2O1. The topological polar surface area (TPSA) is 9.23 Å². The summed E-state index contributed by atoms with van der Waals surface area (Å²) in [6, 6.07) is 6.53. The molecule has 1 aliphatic carbocycles. The number of hydrogen-bond acceptors (Lipinski definition) is 1. The fourth-order valence-electron chi connectivity index (χ4n) is 3.74. The molecule has 1 heterocycles. The molecule has 104 valence electrons. The van der Waals surface area contributed by atoms with Crippen LogP contribution in [0.15, 0.2) is 18.2 Å². The third-order valence-electron chi connectivity index (χ3n) is 4.93. The molecule has 1 nitrogen and oxygen atoms in total. The maximum absolute atomic E-state index is 6.79. The van der Waals surface area contributed by atoms with Gasteiger partial charge < -0.3 is 4.74 Å². The molecule has 1 aromatic rings. The molecule has 0 spiro atoms. The number of benzene rings is 1. The summed E-state index contributed by atoms with van der Waals surface area (Å²) in [7, 11) is 0. The van der Waals surface area contributed by atoms with E-state index in [1.54, 1.807) is 0 Å². The molecular formula is C17H23ClO. The van der Waals surface area contributed by atoms with E-state index in [0.29, 0.717) is 17.4 Å². The minimum absolute atomic E-state index is 0.138. The molecule has 1 aromatic carbocycles. The van der Waals surface area contributed by atoms with Crippen molar-refractivity contribution in [3.63, 3.8) is 0 Å². The van der Waals surface area contributed by atoms with Crippen molar-refractivity contribution in [2.24, 2.45) is 11.3 Å². The van der Waals surface area contributed by atoms with Crippen molar-refractivity contribution in [3.05, 3.63) is 29.3 Å². The number of halogens is 1. The first-order valence-electron chi connectivity index (χ1n) is 7.41. The van der Waals surface area contributed by atoms with Gasteiger partial charge in [0.25, 0.3) is 0 Å². The van der Waals surface area contributed by atoms with Gasteiger partial charge in [-0.2, -0.15) is 0 Å². The second kappa shape index (κ2) is 4.70. The van der Waals surface area contributed by atoms with Crippen LogP contribution in [0.25, 0.3) is 0 Å². The molecule has 1 aliphatic heterocycles. The Labute approximate surface area is 121 Å². The van der Waals surface area contributed by atoms with Crippen LogP contribution in [0.4, 0.5) is 0 Å². The third-order valence-corrected chi connectivity index (χ3v) is 5.49. The highest BCUT2D eigenvalue weighted by atomic mass is 35.5. The van der Waals surface area contributed by atoms with E-state index in [4.69, 9.17) is 16.3 Å². The molecule has 0 N–H and O–H groups in total. The van der Waals surface area contributed by atoms with Gasteiger partial charge in [-0.3, -0.25) is 0 Å². The van der Waals surface area contributed by atoms with Crippen molar-refractivity contribution in [3.8, 4) is 5.75 Å². The molecule has 19 heavy (non-hydrogen) atoms. The normalized spacial score (nSPS) is 29.9. The van der Waals surface area contributed by atoms with Crippen LogP contribution in [-0.4, -0.2) is 6.10 Å². The first-order valence-corrected chi connectivity index (χ1v) is 7.84. The van der Waals surface area contributed by atoms with Gasteiger partial charge in [0.15, 0.2) is 0 Å². The number of fused-ring (bicyclic) bond motifs is 1. The van der Waals surface area contributed by atoms with Crippen molar-refractivity contribution in [1.82, 2.24) is 0 Å². The average Bonchev–Trinajstić information content (AvgIpc) is 2.88. The van der Waals surface area contributed by atoms with Crippen molar-refractivity contribution < 1.29 is 4.74 Å². The van der Waals surface area contributed by atoms with E-state index < -0.39 is 0 Å². The van der Waals surface area contributed by atoms with Crippen molar-refractivity contribution in [1.29, 1.82) is 0 Å². The van der Waals surface area contributed by atoms with Crippen molar-refractivity contribution in [2.75, 3.05) is 0 Å². The predicted octanol–water partition coefficient (Wildman–Crippen LogP) is 5.12. The Morgan fingerprint density at radius 2 is 2.16 bits per heavy atom. The second-order valence-corrected chi connectivity index (χ2v) is 7.36.